The summed E-state index contributed by atoms with van der Waals surface area (Å²) in [5.74, 6) is -163. The van der Waals surface area contributed by atoms with E-state index in [2.05, 4.69) is 11.3 Å². The number of ether oxygens (including phenoxy) is 1. The zero-order chi connectivity index (χ0) is 50.9. The smallest absolute Gasteiger partial charge is 0.393 e. The summed E-state index contributed by atoms with van der Waals surface area (Å²) in [6, 6.07) is 0. The van der Waals surface area contributed by atoms with Gasteiger partial charge in [0.15, 0.2) is 0 Å². The van der Waals surface area contributed by atoms with E-state index in [0.29, 0.717) is 0 Å². The molecular formula is C22H5F37O2. The van der Waals surface area contributed by atoms with E-state index in [9.17, 15) is 167 Å². The highest BCUT2D eigenvalue weighted by Crippen LogP contribution is 2.70. The maximum Gasteiger partial charge on any atom is 0.473 e. The van der Waals surface area contributed by atoms with Crippen LogP contribution in [0.15, 0.2) is 12.2 Å². The molecule has 0 amide bonds. The van der Waals surface area contributed by atoms with Gasteiger partial charge in [0.25, 0.3) is 0 Å². The fourth-order valence-corrected chi connectivity index (χ4v) is 3.39. The van der Waals surface area contributed by atoms with E-state index >= 15 is 0 Å². The van der Waals surface area contributed by atoms with Crippen molar-refractivity contribution in [2.45, 2.75) is 114 Å². The fraction of sp³-hybridized carbons (Fsp3) is 0.864. The molecule has 2 nitrogen and oxygen atoms in total. The summed E-state index contributed by atoms with van der Waals surface area (Å²) in [6.45, 7) is 2.28. The molecular weight excluding hydrogens is 999 g/mol. The molecule has 0 saturated carbocycles. The van der Waals surface area contributed by atoms with Crippen LogP contribution in [-0.4, -0.2) is 113 Å². The van der Waals surface area contributed by atoms with E-state index in [-0.39, 0.29) is 6.92 Å². The molecule has 0 aliphatic heterocycles. The first-order valence-corrected chi connectivity index (χ1v) is 13.0. The number of halogens is 37. The molecule has 0 atom stereocenters. The third-order valence-corrected chi connectivity index (χ3v) is 7.21. The first kappa shape index (κ1) is 57.6. The summed E-state index contributed by atoms with van der Waals surface area (Å²) in [5, 5.41) is 0. The van der Waals surface area contributed by atoms with Gasteiger partial charge in [-0.15, -0.1) is 0 Å². The van der Waals surface area contributed by atoms with Crippen LogP contribution in [0.3, 0.4) is 0 Å². The largest absolute Gasteiger partial charge is 0.473 e. The monoisotopic (exact) mass is 1000 g/mol. The lowest BCUT2D eigenvalue weighted by Crippen LogP contribution is -2.80. The number of carbonyl (C=O) groups excluding carboxylic acids is 1. The summed E-state index contributed by atoms with van der Waals surface area (Å²) in [7, 11) is 0. The molecule has 0 saturated heterocycles. The van der Waals surface area contributed by atoms with E-state index in [4.69, 9.17) is 0 Å². The van der Waals surface area contributed by atoms with Gasteiger partial charge in [0.05, 0.1) is 0 Å². The van der Waals surface area contributed by atoms with Gasteiger partial charge in [-0.25, -0.2) is 4.79 Å². The molecule has 0 unspecified atom stereocenters. The topological polar surface area (TPSA) is 26.3 Å². The lowest BCUT2D eigenvalue weighted by atomic mass is 9.82. The minimum atomic E-state index is -10.5. The lowest BCUT2D eigenvalue weighted by molar-refractivity contribution is -0.495. The molecule has 0 bridgehead atoms. The van der Waals surface area contributed by atoms with Crippen molar-refractivity contribution in [3.63, 3.8) is 0 Å². The van der Waals surface area contributed by atoms with Crippen molar-refractivity contribution in [2.75, 3.05) is 0 Å². The SMILES string of the molecule is C=C(C)C(=O)OC(F)(F)C(F)(F)C(F)(F)C(F)(F)C(F)(F)C(F)(F)C(F)(F)C(F)(F)C(F)(F)C(F)(F)C(F)(F)C(F)(F)C(F)(F)C(F)(F)C(F)(F)C(F)(F)C(F)(F)C(F)(F)F. The Morgan fingerprint density at radius 1 is 0.279 bits per heavy atom. The molecule has 0 fully saturated rings. The lowest BCUT2D eigenvalue weighted by Gasteiger charge is -2.47. The fourth-order valence-electron chi connectivity index (χ4n) is 3.39. The average molecular weight is 1000 g/mol. The second-order valence-electron chi connectivity index (χ2n) is 11.4. The van der Waals surface area contributed by atoms with E-state index in [1.807, 2.05) is 0 Å². The summed E-state index contributed by atoms with van der Waals surface area (Å²) >= 11 is 0. The second kappa shape index (κ2) is 14.1. The maximum atomic E-state index is 14.0. The maximum absolute atomic E-state index is 14.0. The minimum absolute atomic E-state index is 0.0590. The van der Waals surface area contributed by atoms with Gasteiger partial charge in [-0.1, -0.05) is 6.58 Å². The Bertz CT molecular complexity index is 1660. The number of esters is 1. The van der Waals surface area contributed by atoms with Crippen LogP contribution >= 0.6 is 0 Å². The van der Waals surface area contributed by atoms with Crippen LogP contribution in [-0.2, 0) is 9.53 Å². The van der Waals surface area contributed by atoms with E-state index < -0.39 is 119 Å². The Labute approximate surface area is 305 Å². The number of rotatable bonds is 18. The highest BCUT2D eigenvalue weighted by Gasteiger charge is 3.02. The summed E-state index contributed by atoms with van der Waals surface area (Å²) in [6.07, 6.45) is -16.4. The molecule has 0 heterocycles. The Kier molecular flexibility index (Phi) is 13.3. The molecule has 0 aromatic rings. The van der Waals surface area contributed by atoms with Gasteiger partial charge in [0.1, 0.15) is 0 Å². The Balaban J connectivity index is 7.87. The number of hydrogen-bond donors (Lipinski definition) is 0. The quantitative estimate of drug-likeness (QED) is 0.0777. The first-order chi connectivity index (χ1) is 25.6. The van der Waals surface area contributed by atoms with E-state index in [0.717, 1.165) is 0 Å². The molecule has 39 heteroatoms. The zero-order valence-corrected chi connectivity index (χ0v) is 26.5. The van der Waals surface area contributed by atoms with Crippen molar-refractivity contribution in [2.24, 2.45) is 0 Å². The molecule has 0 aliphatic rings. The van der Waals surface area contributed by atoms with Crippen LogP contribution in [0.5, 0.6) is 0 Å². The van der Waals surface area contributed by atoms with Crippen LogP contribution in [0, 0.1) is 0 Å². The molecule has 0 aliphatic carbocycles. The summed E-state index contributed by atoms with van der Waals surface area (Å²) in [5.41, 5.74) is -1.70. The van der Waals surface area contributed by atoms with Crippen LogP contribution in [0.1, 0.15) is 6.92 Å². The third-order valence-electron chi connectivity index (χ3n) is 7.21. The molecule has 0 aromatic heterocycles. The average Bonchev–Trinajstić information content (AvgIpc) is 3.02. The Morgan fingerprint density at radius 2 is 0.410 bits per heavy atom. The highest BCUT2D eigenvalue weighted by atomic mass is 19.4. The summed E-state index contributed by atoms with van der Waals surface area (Å²) in [4.78, 5) is 10.9. The predicted molar refractivity (Wildman–Crippen MR) is 111 cm³/mol. The molecule has 0 spiro atoms. The number of carbonyl (C=O) groups is 1. The zero-order valence-electron chi connectivity index (χ0n) is 26.5. The normalized spacial score (nSPS) is 16.8. The molecule has 0 radical (unpaired) electrons. The van der Waals surface area contributed by atoms with Gasteiger partial charge < -0.3 is 4.74 Å². The predicted octanol–water partition coefficient (Wildman–Crippen LogP) is 12.4. The first-order valence-electron chi connectivity index (χ1n) is 13.0. The van der Waals surface area contributed by atoms with Gasteiger partial charge in [0, 0.05) is 5.57 Å². The van der Waals surface area contributed by atoms with Crippen LogP contribution in [0.25, 0.3) is 0 Å². The standard InChI is InChI=1S/C22H5F37O2/c1-3(2)4(60)61-22(58,59)20(53,54)18(49,50)16(45,46)14(41,42)12(37,38)10(33,34)8(29,30)6(25,26)5(23,24)7(27,28)9(31,32)11(35,36)13(39,40)15(43,44)17(47,48)19(51,52)21(55,56)57/h1H2,2H3. The van der Waals surface area contributed by atoms with Gasteiger partial charge >= 0.3 is 113 Å². The molecule has 61 heavy (non-hydrogen) atoms. The third kappa shape index (κ3) is 6.71. The van der Waals surface area contributed by atoms with Gasteiger partial charge in [0.2, 0.25) is 0 Å². The van der Waals surface area contributed by atoms with Crippen molar-refractivity contribution >= 4 is 5.97 Å². The molecule has 364 valence electrons. The van der Waals surface area contributed by atoms with Gasteiger partial charge in [-0.05, 0) is 6.92 Å². The Hall–Kier alpha value is -3.38. The van der Waals surface area contributed by atoms with Crippen molar-refractivity contribution in [1.29, 1.82) is 0 Å². The van der Waals surface area contributed by atoms with Crippen LogP contribution in [0.2, 0.25) is 0 Å². The minimum Gasteiger partial charge on any atom is -0.393 e. The van der Waals surface area contributed by atoms with E-state index in [1.54, 1.807) is 0 Å². The molecule has 0 N–H and O–H groups in total. The molecule has 0 aromatic carbocycles. The number of alkyl halides is 37. The van der Waals surface area contributed by atoms with Gasteiger partial charge in [-0.2, -0.15) is 162 Å². The van der Waals surface area contributed by atoms with Crippen LogP contribution in [0.4, 0.5) is 162 Å². The van der Waals surface area contributed by atoms with Crippen molar-refractivity contribution < 1.29 is 172 Å². The Morgan fingerprint density at radius 3 is 0.541 bits per heavy atom. The van der Waals surface area contributed by atoms with E-state index in [1.165, 1.54) is 0 Å². The van der Waals surface area contributed by atoms with Gasteiger partial charge in [-0.3, -0.25) is 0 Å². The van der Waals surface area contributed by atoms with Crippen molar-refractivity contribution in [3.8, 4) is 0 Å². The second-order valence-corrected chi connectivity index (χ2v) is 11.4. The van der Waals surface area contributed by atoms with Crippen molar-refractivity contribution in [3.05, 3.63) is 12.2 Å². The molecule has 0 rings (SSSR count). The van der Waals surface area contributed by atoms with Crippen LogP contribution < -0.4 is 0 Å². The highest BCUT2D eigenvalue weighted by molar-refractivity contribution is 5.87. The number of hydrogen-bond acceptors (Lipinski definition) is 2. The summed E-state index contributed by atoms with van der Waals surface area (Å²) < 4.78 is 505. The van der Waals surface area contributed by atoms with Crippen molar-refractivity contribution in [1.82, 2.24) is 0 Å².